The van der Waals surface area contributed by atoms with Gasteiger partial charge >= 0.3 is 0 Å². The number of thioether (sulfide) groups is 1. The maximum Gasteiger partial charge on any atom is 0.298 e. The van der Waals surface area contributed by atoms with E-state index in [0.29, 0.717) is 33.0 Å². The van der Waals surface area contributed by atoms with E-state index in [1.54, 1.807) is 30.3 Å². The maximum absolute atomic E-state index is 12.8. The van der Waals surface area contributed by atoms with E-state index < -0.39 is 0 Å². The molecule has 0 aromatic heterocycles. The van der Waals surface area contributed by atoms with Crippen molar-refractivity contribution in [3.8, 4) is 5.75 Å². The van der Waals surface area contributed by atoms with Crippen molar-refractivity contribution in [1.29, 1.82) is 0 Å². The summed E-state index contributed by atoms with van der Waals surface area (Å²) in [5.41, 5.74) is 2.21. The molecular formula is C23H14BrCl2NO3S. The van der Waals surface area contributed by atoms with Crippen molar-refractivity contribution in [3.63, 3.8) is 0 Å². The van der Waals surface area contributed by atoms with Gasteiger partial charge < -0.3 is 4.74 Å². The number of hydrogen-bond donors (Lipinski definition) is 0. The first-order chi connectivity index (χ1) is 14.9. The quantitative estimate of drug-likeness (QED) is 0.316. The molecule has 0 spiro atoms. The highest BCUT2D eigenvalue weighted by molar-refractivity contribution is 9.10. The summed E-state index contributed by atoms with van der Waals surface area (Å²) in [7, 11) is 0. The molecule has 3 aromatic rings. The van der Waals surface area contributed by atoms with Gasteiger partial charge in [-0.3, -0.25) is 9.59 Å². The molecule has 4 rings (SSSR count). The Labute approximate surface area is 201 Å². The zero-order valence-electron chi connectivity index (χ0n) is 15.8. The van der Waals surface area contributed by atoms with Crippen molar-refractivity contribution in [2.24, 2.45) is 0 Å². The molecule has 0 radical (unpaired) electrons. The highest BCUT2D eigenvalue weighted by Crippen LogP contribution is 2.37. The summed E-state index contributed by atoms with van der Waals surface area (Å²) in [4.78, 5) is 26.7. The molecule has 0 aliphatic carbocycles. The van der Waals surface area contributed by atoms with E-state index >= 15 is 0 Å². The number of ether oxygens (including phenoxy) is 1. The van der Waals surface area contributed by atoms with Gasteiger partial charge in [0.1, 0.15) is 12.4 Å². The molecule has 0 saturated carbocycles. The SMILES string of the molecule is O=C1S/C(=C/c2ccc(OCc3ccc(Cl)cc3)c(Br)c2)C(=O)N1c1cccc(Cl)c1. The monoisotopic (exact) mass is 533 g/mol. The third-order valence-corrected chi connectivity index (χ3v) is 6.40. The first kappa shape index (κ1) is 22.0. The van der Waals surface area contributed by atoms with Gasteiger partial charge in [0.2, 0.25) is 0 Å². The Bertz CT molecular complexity index is 1200. The Hall–Kier alpha value is -2.25. The molecule has 1 aliphatic rings. The summed E-state index contributed by atoms with van der Waals surface area (Å²) < 4.78 is 6.59. The van der Waals surface area contributed by atoms with Crippen molar-refractivity contribution < 1.29 is 14.3 Å². The summed E-state index contributed by atoms with van der Waals surface area (Å²) in [5.74, 6) is 0.288. The summed E-state index contributed by atoms with van der Waals surface area (Å²) in [6.07, 6.45) is 1.68. The molecule has 0 N–H and O–H groups in total. The van der Waals surface area contributed by atoms with E-state index in [4.69, 9.17) is 27.9 Å². The van der Waals surface area contributed by atoms with E-state index in [1.165, 1.54) is 0 Å². The lowest BCUT2D eigenvalue weighted by Crippen LogP contribution is -2.27. The van der Waals surface area contributed by atoms with Gasteiger partial charge in [-0.2, -0.15) is 0 Å². The summed E-state index contributed by atoms with van der Waals surface area (Å²) in [6.45, 7) is 0.396. The average molecular weight is 535 g/mol. The number of carbonyl (C=O) groups excluding carboxylic acids is 2. The number of anilines is 1. The van der Waals surface area contributed by atoms with E-state index in [1.807, 2.05) is 42.5 Å². The summed E-state index contributed by atoms with van der Waals surface area (Å²) in [5, 5.41) is 0.771. The highest BCUT2D eigenvalue weighted by atomic mass is 79.9. The van der Waals surface area contributed by atoms with Gasteiger partial charge in [0.25, 0.3) is 11.1 Å². The molecular weight excluding hydrogens is 521 g/mol. The van der Waals surface area contributed by atoms with Crippen LogP contribution in [0.4, 0.5) is 10.5 Å². The van der Waals surface area contributed by atoms with Gasteiger partial charge in [0, 0.05) is 10.0 Å². The van der Waals surface area contributed by atoms with Crippen molar-refractivity contribution in [1.82, 2.24) is 0 Å². The maximum atomic E-state index is 12.8. The standard InChI is InChI=1S/C23H14BrCl2NO3S/c24-19-10-15(6-9-20(19)30-13-14-4-7-16(25)8-5-14)11-21-22(28)27(23(29)31-21)18-3-1-2-17(26)12-18/h1-12H,13H2/b21-11+. The molecule has 0 bridgehead atoms. The van der Waals surface area contributed by atoms with Crippen LogP contribution in [0.25, 0.3) is 6.08 Å². The second-order valence-corrected chi connectivity index (χ2v) is 9.32. The van der Waals surface area contributed by atoms with Gasteiger partial charge in [-0.15, -0.1) is 0 Å². The Morgan fingerprint density at radius 1 is 0.968 bits per heavy atom. The Kier molecular flexibility index (Phi) is 6.72. The zero-order chi connectivity index (χ0) is 22.0. The Balaban J connectivity index is 1.49. The van der Waals surface area contributed by atoms with Gasteiger partial charge in [-0.1, -0.05) is 47.5 Å². The van der Waals surface area contributed by atoms with Gasteiger partial charge in [0.05, 0.1) is 15.1 Å². The van der Waals surface area contributed by atoms with Crippen molar-refractivity contribution in [3.05, 3.63) is 97.3 Å². The molecule has 1 aliphatic heterocycles. The third kappa shape index (κ3) is 5.15. The minimum absolute atomic E-state index is 0.340. The third-order valence-electron chi connectivity index (χ3n) is 4.42. The lowest BCUT2D eigenvalue weighted by atomic mass is 10.2. The predicted octanol–water partition coefficient (Wildman–Crippen LogP) is 7.58. The van der Waals surface area contributed by atoms with E-state index in [-0.39, 0.29) is 11.1 Å². The molecule has 4 nitrogen and oxygen atoms in total. The first-order valence-electron chi connectivity index (χ1n) is 9.11. The largest absolute Gasteiger partial charge is 0.488 e. The van der Waals surface area contributed by atoms with Crippen LogP contribution in [-0.4, -0.2) is 11.1 Å². The first-order valence-corrected chi connectivity index (χ1v) is 11.5. The van der Waals surface area contributed by atoms with Crippen LogP contribution >= 0.6 is 50.9 Å². The van der Waals surface area contributed by atoms with E-state index in [2.05, 4.69) is 15.9 Å². The lowest BCUT2D eigenvalue weighted by molar-refractivity contribution is -0.113. The van der Waals surface area contributed by atoms with Crippen LogP contribution in [-0.2, 0) is 11.4 Å². The number of carbonyl (C=O) groups is 2. The van der Waals surface area contributed by atoms with Crippen molar-refractivity contribution in [2.75, 3.05) is 4.90 Å². The molecule has 1 fully saturated rings. The fourth-order valence-electron chi connectivity index (χ4n) is 2.92. The molecule has 0 unspecified atom stereocenters. The lowest BCUT2D eigenvalue weighted by Gasteiger charge is -2.12. The number of amides is 2. The van der Waals surface area contributed by atoms with Crippen LogP contribution in [0.1, 0.15) is 11.1 Å². The normalized spacial score (nSPS) is 15.1. The van der Waals surface area contributed by atoms with Crippen LogP contribution in [0, 0.1) is 0 Å². The molecule has 31 heavy (non-hydrogen) atoms. The van der Waals surface area contributed by atoms with Crippen LogP contribution in [0.2, 0.25) is 10.0 Å². The number of imide groups is 1. The van der Waals surface area contributed by atoms with E-state index in [0.717, 1.165) is 32.3 Å². The fourth-order valence-corrected chi connectivity index (χ4v) is 4.59. The highest BCUT2D eigenvalue weighted by Gasteiger charge is 2.36. The minimum Gasteiger partial charge on any atom is -0.488 e. The zero-order valence-corrected chi connectivity index (χ0v) is 19.8. The number of rotatable bonds is 5. The fraction of sp³-hybridized carbons (Fsp3) is 0.0435. The second kappa shape index (κ2) is 9.49. The number of halogens is 3. The van der Waals surface area contributed by atoms with Gasteiger partial charge in [-0.25, -0.2) is 4.90 Å². The molecule has 156 valence electrons. The van der Waals surface area contributed by atoms with Gasteiger partial charge in [0.15, 0.2) is 0 Å². The van der Waals surface area contributed by atoms with E-state index in [9.17, 15) is 9.59 Å². The second-order valence-electron chi connectivity index (χ2n) is 6.60. The van der Waals surface area contributed by atoms with Crippen LogP contribution in [0.5, 0.6) is 5.75 Å². The number of hydrogen-bond acceptors (Lipinski definition) is 4. The number of nitrogens with zero attached hydrogens (tertiary/aromatic N) is 1. The van der Waals surface area contributed by atoms with Crippen LogP contribution < -0.4 is 9.64 Å². The van der Waals surface area contributed by atoms with Crippen molar-refractivity contribution in [2.45, 2.75) is 6.61 Å². The molecule has 8 heteroatoms. The average Bonchev–Trinajstić information content (AvgIpc) is 3.01. The minimum atomic E-state index is -0.378. The summed E-state index contributed by atoms with van der Waals surface area (Å²) in [6, 6.07) is 19.6. The molecule has 1 heterocycles. The Morgan fingerprint density at radius 3 is 2.45 bits per heavy atom. The van der Waals surface area contributed by atoms with Gasteiger partial charge in [-0.05, 0) is 87.4 Å². The van der Waals surface area contributed by atoms with Crippen LogP contribution in [0.15, 0.2) is 76.1 Å². The molecule has 2 amide bonds. The summed E-state index contributed by atoms with van der Waals surface area (Å²) >= 11 is 16.3. The molecule has 3 aromatic carbocycles. The Morgan fingerprint density at radius 2 is 1.74 bits per heavy atom. The molecule has 1 saturated heterocycles. The number of benzene rings is 3. The van der Waals surface area contributed by atoms with Crippen LogP contribution in [0.3, 0.4) is 0 Å². The topological polar surface area (TPSA) is 46.6 Å². The molecule has 0 atom stereocenters. The smallest absolute Gasteiger partial charge is 0.298 e. The van der Waals surface area contributed by atoms with Crippen molar-refractivity contribution >= 4 is 73.8 Å². The predicted molar refractivity (Wildman–Crippen MR) is 130 cm³/mol.